The van der Waals surface area contributed by atoms with E-state index < -0.39 is 0 Å². The van der Waals surface area contributed by atoms with Crippen LogP contribution in [0.2, 0.25) is 0 Å². The van der Waals surface area contributed by atoms with Crippen molar-refractivity contribution in [2.24, 2.45) is 10.8 Å². The van der Waals surface area contributed by atoms with Crippen molar-refractivity contribution in [3.05, 3.63) is 107 Å². The van der Waals surface area contributed by atoms with E-state index in [4.69, 9.17) is 15.0 Å². The Morgan fingerprint density at radius 1 is 0.673 bits per heavy atom. The molecular formula is C47H56N4O. The Balaban J connectivity index is 1.73. The van der Waals surface area contributed by atoms with E-state index in [0.29, 0.717) is 12.2 Å². The third kappa shape index (κ3) is 7.28. The lowest BCUT2D eigenvalue weighted by Crippen LogP contribution is -2.41. The first-order valence-electron chi connectivity index (χ1n) is 18.6. The molecule has 0 saturated carbocycles. The minimum Gasteiger partial charge on any atom is -0.511 e. The molecule has 3 aromatic heterocycles. The van der Waals surface area contributed by atoms with Crippen LogP contribution in [0.4, 0.5) is 0 Å². The Labute approximate surface area is 310 Å². The SMILES string of the molecule is C/C(=c1/nc(C(C)(C)C)n2c(nc3c(-c4cc(-c5cc(-c6ccccc6)ccn5)cc(C(C)(C)C)c4)cccc32)/c1=C(\O)CC(C)(C)C)C(C)(C)C. The molecule has 5 nitrogen and oxygen atoms in total. The highest BCUT2D eigenvalue weighted by atomic mass is 16.3. The first kappa shape index (κ1) is 37.0. The second-order valence-corrected chi connectivity index (χ2v) is 18.8. The topological polar surface area (TPSA) is 63.3 Å². The summed E-state index contributed by atoms with van der Waals surface area (Å²) < 4.78 is 2.20. The van der Waals surface area contributed by atoms with Crippen molar-refractivity contribution < 1.29 is 5.11 Å². The van der Waals surface area contributed by atoms with Crippen LogP contribution in [-0.2, 0) is 10.8 Å². The van der Waals surface area contributed by atoms with Gasteiger partial charge in [-0.15, -0.1) is 0 Å². The van der Waals surface area contributed by atoms with Gasteiger partial charge in [-0.2, -0.15) is 0 Å². The molecule has 0 aliphatic rings. The van der Waals surface area contributed by atoms with E-state index in [2.05, 4.69) is 167 Å². The molecule has 0 amide bonds. The number of para-hydroxylation sites is 1. The quantitative estimate of drug-likeness (QED) is 0.200. The zero-order valence-corrected chi connectivity index (χ0v) is 33.5. The van der Waals surface area contributed by atoms with Crippen molar-refractivity contribution in [3.63, 3.8) is 0 Å². The average Bonchev–Trinajstić information content (AvgIpc) is 3.45. The minimum absolute atomic E-state index is 0.103. The van der Waals surface area contributed by atoms with Gasteiger partial charge in [-0.25, -0.2) is 9.97 Å². The predicted molar refractivity (Wildman–Crippen MR) is 220 cm³/mol. The summed E-state index contributed by atoms with van der Waals surface area (Å²) in [4.78, 5) is 15.8. The Morgan fingerprint density at radius 2 is 1.35 bits per heavy atom. The second-order valence-electron chi connectivity index (χ2n) is 18.8. The number of fused-ring (bicyclic) bond motifs is 3. The molecule has 0 unspecified atom stereocenters. The third-order valence-electron chi connectivity index (χ3n) is 9.99. The van der Waals surface area contributed by atoms with Gasteiger partial charge in [0.1, 0.15) is 11.6 Å². The van der Waals surface area contributed by atoms with Gasteiger partial charge >= 0.3 is 0 Å². The van der Waals surface area contributed by atoms with Crippen LogP contribution in [0, 0.1) is 10.8 Å². The molecule has 0 bridgehead atoms. The van der Waals surface area contributed by atoms with Crippen molar-refractivity contribution in [3.8, 4) is 33.5 Å². The second kappa shape index (κ2) is 13.0. The number of pyridine rings is 1. The van der Waals surface area contributed by atoms with Gasteiger partial charge in [0.15, 0.2) is 5.65 Å². The Bertz CT molecular complexity index is 2420. The number of hydrogen-bond acceptors (Lipinski definition) is 4. The standard InChI is InChI=1S/C47H56N4O/c1-29(45(5,6)7)40-39(38(52)28-44(2,3)4)42-49-41-35(20-17-21-37(41)51(42)43(50-40)47(11,12)13)32-24-33(26-34(25-32)46(8,9)10)36-27-31(22-23-48-36)30-18-15-14-16-19-30/h14-27,52H,28H2,1-13H3/b39-38-,40-29-. The van der Waals surface area contributed by atoms with Crippen LogP contribution in [-0.4, -0.2) is 24.5 Å². The molecule has 0 saturated heterocycles. The Hall–Kier alpha value is -4.77. The number of rotatable bonds is 4. The van der Waals surface area contributed by atoms with Crippen molar-refractivity contribution in [1.82, 2.24) is 19.4 Å². The van der Waals surface area contributed by atoms with Crippen LogP contribution in [0.15, 0.2) is 85.1 Å². The summed E-state index contributed by atoms with van der Waals surface area (Å²) in [5, 5.41) is 13.6. The van der Waals surface area contributed by atoms with E-state index in [1.807, 2.05) is 12.3 Å². The molecule has 0 spiro atoms. The summed E-state index contributed by atoms with van der Waals surface area (Å²) >= 11 is 0. The van der Waals surface area contributed by atoms with E-state index in [-0.39, 0.29) is 21.7 Å². The van der Waals surface area contributed by atoms with E-state index in [0.717, 1.165) is 72.2 Å². The third-order valence-corrected chi connectivity index (χ3v) is 9.99. The number of aromatic nitrogens is 4. The van der Waals surface area contributed by atoms with E-state index in [1.165, 1.54) is 5.56 Å². The van der Waals surface area contributed by atoms with E-state index in [9.17, 15) is 5.11 Å². The van der Waals surface area contributed by atoms with Crippen LogP contribution in [0.3, 0.4) is 0 Å². The number of nitrogens with zero attached hydrogens (tertiary/aromatic N) is 4. The molecular weight excluding hydrogens is 637 g/mol. The van der Waals surface area contributed by atoms with Crippen molar-refractivity contribution in [2.75, 3.05) is 0 Å². The lowest BCUT2D eigenvalue weighted by atomic mass is 9.83. The Kier molecular flexibility index (Phi) is 9.26. The maximum Gasteiger partial charge on any atom is 0.152 e. The highest BCUT2D eigenvalue weighted by Crippen LogP contribution is 2.37. The number of hydrogen-bond donors (Lipinski definition) is 1. The van der Waals surface area contributed by atoms with Crippen LogP contribution < -0.4 is 10.6 Å². The molecule has 6 rings (SSSR count). The highest BCUT2D eigenvalue weighted by Gasteiger charge is 2.28. The molecule has 3 aromatic carbocycles. The molecule has 0 radical (unpaired) electrons. The molecule has 1 N–H and O–H groups in total. The molecule has 0 atom stereocenters. The zero-order chi connectivity index (χ0) is 38.0. The summed E-state index contributed by atoms with van der Waals surface area (Å²) in [5.74, 6) is 1.24. The molecule has 3 heterocycles. The van der Waals surface area contributed by atoms with Gasteiger partial charge in [0.25, 0.3) is 0 Å². The molecule has 0 fully saturated rings. The zero-order valence-electron chi connectivity index (χ0n) is 33.5. The van der Waals surface area contributed by atoms with Gasteiger partial charge in [0.2, 0.25) is 0 Å². The molecule has 5 heteroatoms. The lowest BCUT2D eigenvalue weighted by molar-refractivity contribution is 0.364. The summed E-state index contributed by atoms with van der Waals surface area (Å²) in [7, 11) is 0. The highest BCUT2D eigenvalue weighted by molar-refractivity contribution is 5.96. The maximum atomic E-state index is 12.1. The normalized spacial score (nSPS) is 14.2. The van der Waals surface area contributed by atoms with Crippen molar-refractivity contribution >= 4 is 28.0 Å². The minimum atomic E-state index is -0.304. The molecule has 6 aromatic rings. The van der Waals surface area contributed by atoms with Crippen molar-refractivity contribution in [2.45, 2.75) is 107 Å². The van der Waals surface area contributed by atoms with Gasteiger partial charge in [0, 0.05) is 29.2 Å². The molecule has 52 heavy (non-hydrogen) atoms. The van der Waals surface area contributed by atoms with Gasteiger partial charge in [-0.1, -0.05) is 132 Å². The van der Waals surface area contributed by atoms with Crippen LogP contribution >= 0.6 is 0 Å². The lowest BCUT2D eigenvalue weighted by Gasteiger charge is -2.24. The average molecular weight is 693 g/mol. The number of aliphatic hydroxyl groups is 1. The summed E-state index contributed by atoms with van der Waals surface area (Å²) in [6, 6.07) is 28.0. The molecule has 0 aliphatic heterocycles. The number of aliphatic hydroxyl groups excluding tert-OH is 1. The summed E-state index contributed by atoms with van der Waals surface area (Å²) in [6.07, 6.45) is 2.41. The van der Waals surface area contributed by atoms with E-state index in [1.54, 1.807) is 0 Å². The van der Waals surface area contributed by atoms with Crippen LogP contribution in [0.1, 0.15) is 108 Å². The fourth-order valence-electron chi connectivity index (χ4n) is 6.78. The summed E-state index contributed by atoms with van der Waals surface area (Å²) in [5.41, 5.74) is 10.6. The predicted octanol–water partition coefficient (Wildman–Crippen LogP) is 11.2. The monoisotopic (exact) mass is 692 g/mol. The van der Waals surface area contributed by atoms with Crippen LogP contribution in [0.5, 0.6) is 0 Å². The van der Waals surface area contributed by atoms with Gasteiger partial charge in [-0.05, 0) is 81.3 Å². The van der Waals surface area contributed by atoms with Crippen molar-refractivity contribution in [1.29, 1.82) is 0 Å². The maximum absolute atomic E-state index is 12.1. The fraction of sp³-hybridized carbons (Fsp3) is 0.383. The summed E-state index contributed by atoms with van der Waals surface area (Å²) in [6.45, 7) is 28.6. The first-order chi connectivity index (χ1) is 24.1. The smallest absolute Gasteiger partial charge is 0.152 e. The Morgan fingerprint density at radius 3 is 1.96 bits per heavy atom. The molecule has 0 aliphatic carbocycles. The van der Waals surface area contributed by atoms with E-state index >= 15 is 0 Å². The first-order valence-corrected chi connectivity index (χ1v) is 18.6. The number of benzene rings is 3. The fourth-order valence-corrected chi connectivity index (χ4v) is 6.78. The number of imidazole rings is 1. The van der Waals surface area contributed by atoms with Gasteiger partial charge in [-0.3, -0.25) is 9.38 Å². The van der Waals surface area contributed by atoms with Crippen LogP contribution in [0.25, 0.3) is 61.5 Å². The van der Waals surface area contributed by atoms with Gasteiger partial charge in [0.05, 0.1) is 27.3 Å². The largest absolute Gasteiger partial charge is 0.511 e. The van der Waals surface area contributed by atoms with Gasteiger partial charge < -0.3 is 5.11 Å². The molecule has 270 valence electrons.